The van der Waals surface area contributed by atoms with Crippen molar-refractivity contribution < 1.29 is 14.7 Å². The quantitative estimate of drug-likeness (QED) is 0.830. The molecule has 1 heterocycles. The molecular formula is C18H27N3O3. The second-order valence-corrected chi connectivity index (χ2v) is 6.84. The molecule has 6 heteroatoms. The van der Waals surface area contributed by atoms with Crippen LogP contribution in [0.1, 0.15) is 20.3 Å². The average Bonchev–Trinajstić information content (AvgIpc) is 2.54. The van der Waals surface area contributed by atoms with Gasteiger partial charge in [0, 0.05) is 25.3 Å². The van der Waals surface area contributed by atoms with Crippen molar-refractivity contribution in [2.75, 3.05) is 32.0 Å². The number of hydrogen-bond donors (Lipinski definition) is 2. The Morgan fingerprint density at radius 2 is 1.92 bits per heavy atom. The molecule has 2 rings (SSSR count). The predicted octanol–water partition coefficient (Wildman–Crippen LogP) is 1.74. The lowest BCUT2D eigenvalue weighted by molar-refractivity contribution is -0.153. The molecule has 1 aliphatic heterocycles. The smallest absolute Gasteiger partial charge is 0.327 e. The first-order chi connectivity index (χ1) is 11.4. The largest absolute Gasteiger partial charge is 0.480 e. The number of likely N-dealkylation sites (N-methyl/N-ethyl adjacent to an activating group) is 1. The first kappa shape index (κ1) is 18.3. The number of rotatable bonds is 6. The Kier molecular flexibility index (Phi) is 6.20. The Balaban J connectivity index is 2.17. The summed E-state index contributed by atoms with van der Waals surface area (Å²) in [6, 6.07) is 8.37. The highest BCUT2D eigenvalue weighted by atomic mass is 16.4. The molecule has 1 amide bonds. The van der Waals surface area contributed by atoms with E-state index < -0.39 is 18.1 Å². The number of piperazine rings is 1. The zero-order chi connectivity index (χ0) is 17.7. The number of carbonyl (C=O) groups is 2. The van der Waals surface area contributed by atoms with E-state index in [4.69, 9.17) is 0 Å². The van der Waals surface area contributed by atoms with Gasteiger partial charge in [0.05, 0.1) is 0 Å². The molecule has 6 nitrogen and oxygen atoms in total. The summed E-state index contributed by atoms with van der Waals surface area (Å²) >= 11 is 0. The number of benzene rings is 1. The number of carboxylic acids is 1. The van der Waals surface area contributed by atoms with Crippen LogP contribution in [0.25, 0.3) is 0 Å². The first-order valence-electron chi connectivity index (χ1n) is 8.42. The van der Waals surface area contributed by atoms with Crippen LogP contribution in [0.4, 0.5) is 5.69 Å². The average molecular weight is 333 g/mol. The molecule has 0 radical (unpaired) electrons. The van der Waals surface area contributed by atoms with Gasteiger partial charge in [-0.05, 0) is 31.5 Å². The number of amides is 1. The molecule has 0 spiro atoms. The number of para-hydroxylation sites is 1. The van der Waals surface area contributed by atoms with Gasteiger partial charge in [-0.3, -0.25) is 4.79 Å². The van der Waals surface area contributed by atoms with Crippen molar-refractivity contribution in [2.45, 2.75) is 32.4 Å². The van der Waals surface area contributed by atoms with Crippen LogP contribution in [-0.2, 0) is 9.59 Å². The topological polar surface area (TPSA) is 72.9 Å². The molecule has 132 valence electrons. The molecule has 1 aromatic rings. The summed E-state index contributed by atoms with van der Waals surface area (Å²) in [7, 11) is 1.88. The fraction of sp³-hybridized carbons (Fsp3) is 0.556. The van der Waals surface area contributed by atoms with Gasteiger partial charge >= 0.3 is 5.97 Å². The third-order valence-electron chi connectivity index (χ3n) is 4.27. The Labute approximate surface area is 143 Å². The summed E-state index contributed by atoms with van der Waals surface area (Å²) in [4.78, 5) is 28.1. The van der Waals surface area contributed by atoms with Crippen molar-refractivity contribution in [1.29, 1.82) is 0 Å². The van der Waals surface area contributed by atoms with Crippen LogP contribution in [0.3, 0.4) is 0 Å². The normalized spacial score (nSPS) is 20.0. The van der Waals surface area contributed by atoms with E-state index in [-0.39, 0.29) is 5.91 Å². The lowest BCUT2D eigenvalue weighted by Crippen LogP contribution is -2.60. The van der Waals surface area contributed by atoms with E-state index in [9.17, 15) is 14.7 Å². The summed E-state index contributed by atoms with van der Waals surface area (Å²) < 4.78 is 0. The molecule has 24 heavy (non-hydrogen) atoms. The summed E-state index contributed by atoms with van der Waals surface area (Å²) in [6.07, 6.45) is 0.659. The van der Waals surface area contributed by atoms with E-state index >= 15 is 0 Å². The standard InChI is InChI=1S/C18H27N3O3/c1-13(2)11-15(19-14-7-5-4-6-8-14)17(22)21-10-9-20(3)12-16(21)18(23)24/h4-8,13,15-16,19H,9-12H2,1-3H3,(H,23,24). The van der Waals surface area contributed by atoms with Crippen LogP contribution in [0, 0.1) is 5.92 Å². The number of carboxylic acid groups (broad SMARTS) is 1. The summed E-state index contributed by atoms with van der Waals surface area (Å²) in [5.41, 5.74) is 0.873. The van der Waals surface area contributed by atoms with Crippen LogP contribution >= 0.6 is 0 Å². The summed E-state index contributed by atoms with van der Waals surface area (Å²) in [6.45, 7) is 5.62. The molecule has 2 unspecified atom stereocenters. The summed E-state index contributed by atoms with van der Waals surface area (Å²) in [5.74, 6) is -0.753. The third-order valence-corrected chi connectivity index (χ3v) is 4.27. The molecule has 0 aliphatic carbocycles. The van der Waals surface area contributed by atoms with Crippen LogP contribution in [0.2, 0.25) is 0 Å². The second-order valence-electron chi connectivity index (χ2n) is 6.84. The molecule has 1 aromatic carbocycles. The number of nitrogens with one attached hydrogen (secondary N) is 1. The predicted molar refractivity (Wildman–Crippen MR) is 93.9 cm³/mol. The Morgan fingerprint density at radius 3 is 2.50 bits per heavy atom. The van der Waals surface area contributed by atoms with E-state index in [1.165, 1.54) is 4.90 Å². The van der Waals surface area contributed by atoms with Crippen LogP contribution in [0.15, 0.2) is 30.3 Å². The highest BCUT2D eigenvalue weighted by molar-refractivity contribution is 5.89. The fourth-order valence-corrected chi connectivity index (χ4v) is 3.02. The van der Waals surface area contributed by atoms with Gasteiger partial charge in [0.25, 0.3) is 0 Å². The molecule has 2 N–H and O–H groups in total. The van der Waals surface area contributed by atoms with Crippen molar-refractivity contribution in [3.8, 4) is 0 Å². The van der Waals surface area contributed by atoms with Gasteiger partial charge < -0.3 is 20.2 Å². The van der Waals surface area contributed by atoms with Crippen molar-refractivity contribution in [3.63, 3.8) is 0 Å². The van der Waals surface area contributed by atoms with E-state index in [2.05, 4.69) is 19.2 Å². The van der Waals surface area contributed by atoms with Gasteiger partial charge in [-0.25, -0.2) is 4.79 Å². The molecule has 0 bridgehead atoms. The molecule has 1 saturated heterocycles. The lowest BCUT2D eigenvalue weighted by Gasteiger charge is -2.39. The van der Waals surface area contributed by atoms with E-state index in [1.54, 1.807) is 0 Å². The minimum Gasteiger partial charge on any atom is -0.480 e. The maximum absolute atomic E-state index is 13.0. The Bertz CT molecular complexity index is 562. The molecular weight excluding hydrogens is 306 g/mol. The minimum atomic E-state index is -0.946. The van der Waals surface area contributed by atoms with E-state index in [1.807, 2.05) is 42.3 Å². The van der Waals surface area contributed by atoms with Crippen molar-refractivity contribution >= 4 is 17.6 Å². The number of aliphatic carboxylic acids is 1. The Hall–Kier alpha value is -2.08. The Morgan fingerprint density at radius 1 is 1.25 bits per heavy atom. The van der Waals surface area contributed by atoms with Gasteiger partial charge in [0.1, 0.15) is 12.1 Å². The van der Waals surface area contributed by atoms with Crippen molar-refractivity contribution in [2.24, 2.45) is 5.92 Å². The number of nitrogens with zero attached hydrogens (tertiary/aromatic N) is 2. The number of carbonyl (C=O) groups excluding carboxylic acids is 1. The molecule has 0 aromatic heterocycles. The summed E-state index contributed by atoms with van der Waals surface area (Å²) in [5, 5.41) is 12.8. The SMILES string of the molecule is CC(C)CC(Nc1ccccc1)C(=O)N1CCN(C)CC1C(=O)O. The second kappa shape index (κ2) is 8.15. The first-order valence-corrected chi connectivity index (χ1v) is 8.42. The highest BCUT2D eigenvalue weighted by Crippen LogP contribution is 2.18. The molecule has 1 fully saturated rings. The van der Waals surface area contributed by atoms with Gasteiger partial charge in [0.15, 0.2) is 0 Å². The third kappa shape index (κ3) is 4.71. The zero-order valence-corrected chi connectivity index (χ0v) is 14.6. The zero-order valence-electron chi connectivity index (χ0n) is 14.6. The van der Waals surface area contributed by atoms with Gasteiger partial charge in [-0.2, -0.15) is 0 Å². The maximum Gasteiger partial charge on any atom is 0.327 e. The van der Waals surface area contributed by atoms with Gasteiger partial charge in [-0.1, -0.05) is 32.0 Å². The van der Waals surface area contributed by atoms with Crippen LogP contribution in [0.5, 0.6) is 0 Å². The van der Waals surface area contributed by atoms with Crippen molar-refractivity contribution in [3.05, 3.63) is 30.3 Å². The molecule has 1 aliphatic rings. The van der Waals surface area contributed by atoms with Gasteiger partial charge in [-0.15, -0.1) is 0 Å². The van der Waals surface area contributed by atoms with Crippen molar-refractivity contribution in [1.82, 2.24) is 9.80 Å². The minimum absolute atomic E-state index is 0.131. The van der Waals surface area contributed by atoms with Crippen LogP contribution in [-0.4, -0.2) is 65.5 Å². The van der Waals surface area contributed by atoms with E-state index in [0.29, 0.717) is 32.0 Å². The number of anilines is 1. The van der Waals surface area contributed by atoms with E-state index in [0.717, 1.165) is 5.69 Å². The highest BCUT2D eigenvalue weighted by Gasteiger charge is 2.37. The van der Waals surface area contributed by atoms with Gasteiger partial charge in [0.2, 0.25) is 5.91 Å². The number of hydrogen-bond acceptors (Lipinski definition) is 4. The molecule has 2 atom stereocenters. The van der Waals surface area contributed by atoms with Crippen LogP contribution < -0.4 is 5.32 Å². The fourth-order valence-electron chi connectivity index (χ4n) is 3.02. The monoisotopic (exact) mass is 333 g/mol. The molecule has 0 saturated carbocycles. The maximum atomic E-state index is 13.0. The lowest BCUT2D eigenvalue weighted by atomic mass is 10.0.